The Morgan fingerprint density at radius 1 is 1.07 bits per heavy atom. The Bertz CT molecular complexity index is 198. The van der Waals surface area contributed by atoms with Crippen LogP contribution in [0.1, 0.15) is 0 Å². The van der Waals surface area contributed by atoms with Gasteiger partial charge in [0.25, 0.3) is 0 Å². The molecule has 0 heterocycles. The minimum Gasteiger partial charge on any atom is -0.460 e. The molecule has 0 spiro atoms. The van der Waals surface area contributed by atoms with Gasteiger partial charge in [0.15, 0.2) is 0 Å². The maximum atomic E-state index is 10.5. The summed E-state index contributed by atoms with van der Waals surface area (Å²) >= 11 is 0. The summed E-state index contributed by atoms with van der Waals surface area (Å²) < 4.78 is 4.50. The maximum absolute atomic E-state index is 10.5. The molecule has 0 saturated carbocycles. The number of ether oxygens (including phenoxy) is 1. The van der Waals surface area contributed by atoms with Crippen molar-refractivity contribution in [3.8, 4) is 0 Å². The lowest BCUT2D eigenvalue weighted by molar-refractivity contribution is -0.485. The van der Waals surface area contributed by atoms with E-state index in [0.717, 1.165) is 12.2 Å². The predicted molar refractivity (Wildman–Crippen MR) is 44.5 cm³/mol. The average molecular weight is 202 g/mol. The van der Waals surface area contributed by atoms with Gasteiger partial charge in [0.05, 0.1) is 0 Å². The molecule has 0 aromatic heterocycles. The Morgan fingerprint density at radius 2 is 1.71 bits per heavy atom. The third-order valence-corrected chi connectivity index (χ3v) is 0.909. The summed E-state index contributed by atoms with van der Waals surface area (Å²) in [5.41, 5.74) is 0. The fourth-order valence-electron chi connectivity index (χ4n) is 0.361. The van der Waals surface area contributed by atoms with E-state index in [1.165, 1.54) is 0 Å². The Balaban J connectivity index is 3.21. The van der Waals surface area contributed by atoms with E-state index < -0.39 is 11.9 Å². The van der Waals surface area contributed by atoms with Gasteiger partial charge in [0.1, 0.15) is 13.2 Å². The Kier molecular flexibility index (Phi) is 7.02. The number of hydrogen-bond acceptors (Lipinski definition) is 6. The molecule has 0 aliphatic rings. The van der Waals surface area contributed by atoms with Crippen LogP contribution in [-0.2, 0) is 29.1 Å². The molecular formula is C8H10O6. The largest absolute Gasteiger partial charge is 0.460 e. The summed E-state index contributed by atoms with van der Waals surface area (Å²) in [7, 11) is 0. The molecular weight excluding hydrogens is 192 g/mol. The van der Waals surface area contributed by atoms with E-state index in [1.807, 2.05) is 0 Å². The Morgan fingerprint density at radius 3 is 2.29 bits per heavy atom. The second kappa shape index (κ2) is 7.96. The van der Waals surface area contributed by atoms with Gasteiger partial charge in [-0.1, -0.05) is 13.2 Å². The van der Waals surface area contributed by atoms with Crippen molar-refractivity contribution >= 4 is 11.9 Å². The highest BCUT2D eigenvalue weighted by atomic mass is 17.5. The number of esters is 1. The zero-order valence-corrected chi connectivity index (χ0v) is 7.43. The van der Waals surface area contributed by atoms with Gasteiger partial charge < -0.3 is 4.74 Å². The molecule has 0 amide bonds. The Labute approximate surface area is 80.6 Å². The minimum absolute atomic E-state index is 0.0313. The quantitative estimate of drug-likeness (QED) is 0.194. The van der Waals surface area contributed by atoms with Gasteiger partial charge >= 0.3 is 11.9 Å². The van der Waals surface area contributed by atoms with Crippen LogP contribution in [-0.4, -0.2) is 25.2 Å². The lowest BCUT2D eigenvalue weighted by atomic mass is 10.6. The first-order chi connectivity index (χ1) is 6.70. The van der Waals surface area contributed by atoms with Gasteiger partial charge in [-0.25, -0.2) is 9.59 Å². The fourth-order valence-corrected chi connectivity index (χ4v) is 0.361. The first-order valence-electron chi connectivity index (χ1n) is 3.62. The molecule has 0 aromatic carbocycles. The molecule has 0 N–H and O–H groups in total. The zero-order chi connectivity index (χ0) is 10.8. The van der Waals surface area contributed by atoms with Gasteiger partial charge in [0.2, 0.25) is 0 Å². The molecule has 0 saturated heterocycles. The maximum Gasteiger partial charge on any atom is 0.368 e. The summed E-state index contributed by atoms with van der Waals surface area (Å²) in [4.78, 5) is 29.1. The van der Waals surface area contributed by atoms with Crippen molar-refractivity contribution < 1.29 is 29.1 Å². The highest BCUT2D eigenvalue weighted by molar-refractivity contribution is 5.81. The summed E-state index contributed by atoms with van der Waals surface area (Å²) in [5, 5.41) is 3.96. The van der Waals surface area contributed by atoms with E-state index >= 15 is 0 Å². The molecule has 0 radical (unpaired) electrons. The van der Waals surface area contributed by atoms with Crippen molar-refractivity contribution in [1.29, 1.82) is 0 Å². The van der Waals surface area contributed by atoms with Gasteiger partial charge in [0, 0.05) is 12.2 Å². The lowest BCUT2D eigenvalue weighted by Gasteiger charge is -2.01. The average Bonchev–Trinajstić information content (AvgIpc) is 2.22. The Hall–Kier alpha value is -1.66. The van der Waals surface area contributed by atoms with Crippen LogP contribution in [0.3, 0.4) is 0 Å². The summed E-state index contributed by atoms with van der Waals surface area (Å²) in [6.07, 6.45) is 1.92. The number of hydrogen-bond donors (Lipinski definition) is 0. The minimum atomic E-state index is -0.784. The summed E-state index contributed by atoms with van der Waals surface area (Å²) in [6.45, 7) is 6.21. The van der Waals surface area contributed by atoms with E-state index in [-0.39, 0.29) is 13.2 Å². The third-order valence-electron chi connectivity index (χ3n) is 0.909. The monoisotopic (exact) mass is 202 g/mol. The zero-order valence-electron chi connectivity index (χ0n) is 7.43. The van der Waals surface area contributed by atoms with Gasteiger partial charge in [-0.05, 0) is 5.04 Å². The summed E-state index contributed by atoms with van der Waals surface area (Å²) in [5.74, 6) is -1.36. The first-order valence-corrected chi connectivity index (χ1v) is 3.62. The molecule has 0 rings (SSSR count). The number of carbonyl (C=O) groups is 2. The van der Waals surface area contributed by atoms with Crippen molar-refractivity contribution in [2.75, 3.05) is 13.2 Å². The van der Waals surface area contributed by atoms with Crippen molar-refractivity contribution in [2.45, 2.75) is 0 Å². The molecule has 0 aliphatic heterocycles. The van der Waals surface area contributed by atoms with Crippen LogP contribution >= 0.6 is 0 Å². The molecule has 78 valence electrons. The van der Waals surface area contributed by atoms with Crippen LogP contribution in [0.2, 0.25) is 0 Å². The van der Waals surface area contributed by atoms with E-state index in [9.17, 15) is 9.59 Å². The standard InChI is InChI=1S/C8H10O6/c1-3-7(9)11-5-6-12-14-13-8(10)4-2/h3-4H,1-2,5-6H2. The number of rotatable bonds is 7. The molecule has 0 unspecified atom stereocenters. The smallest absolute Gasteiger partial charge is 0.368 e. The van der Waals surface area contributed by atoms with Gasteiger partial charge in [-0.2, -0.15) is 4.89 Å². The van der Waals surface area contributed by atoms with Crippen molar-refractivity contribution in [3.63, 3.8) is 0 Å². The molecule has 0 bridgehead atoms. The van der Waals surface area contributed by atoms with Gasteiger partial charge in [-0.15, -0.1) is 0 Å². The third kappa shape index (κ3) is 7.01. The van der Waals surface area contributed by atoms with Crippen LogP contribution in [0, 0.1) is 0 Å². The van der Waals surface area contributed by atoms with E-state index in [4.69, 9.17) is 0 Å². The van der Waals surface area contributed by atoms with Crippen LogP contribution < -0.4 is 0 Å². The molecule has 0 aromatic rings. The number of carbonyl (C=O) groups excluding carboxylic acids is 2. The first kappa shape index (κ1) is 12.3. The van der Waals surface area contributed by atoms with Crippen molar-refractivity contribution in [1.82, 2.24) is 0 Å². The molecule has 0 atom stereocenters. The van der Waals surface area contributed by atoms with E-state index in [0.29, 0.717) is 0 Å². The van der Waals surface area contributed by atoms with Crippen LogP contribution in [0.25, 0.3) is 0 Å². The highest BCUT2D eigenvalue weighted by Crippen LogP contribution is 1.86. The second-order valence-corrected chi connectivity index (χ2v) is 1.87. The van der Waals surface area contributed by atoms with Crippen LogP contribution in [0.5, 0.6) is 0 Å². The van der Waals surface area contributed by atoms with Crippen LogP contribution in [0.15, 0.2) is 25.3 Å². The highest BCUT2D eigenvalue weighted by Gasteiger charge is 1.98. The molecule has 6 nitrogen and oxygen atoms in total. The van der Waals surface area contributed by atoms with E-state index in [2.05, 4.69) is 32.7 Å². The molecule has 0 fully saturated rings. The molecule has 14 heavy (non-hydrogen) atoms. The second-order valence-electron chi connectivity index (χ2n) is 1.87. The summed E-state index contributed by atoms with van der Waals surface area (Å²) in [6, 6.07) is 0. The lowest BCUT2D eigenvalue weighted by Crippen LogP contribution is -2.10. The SMILES string of the molecule is C=CC(=O)OCCOOOC(=O)C=C. The van der Waals surface area contributed by atoms with Crippen LogP contribution in [0.4, 0.5) is 0 Å². The topological polar surface area (TPSA) is 71.1 Å². The normalized spacial score (nSPS) is 8.86. The fraction of sp³-hybridized carbons (Fsp3) is 0.250. The van der Waals surface area contributed by atoms with E-state index in [1.54, 1.807) is 0 Å². The van der Waals surface area contributed by atoms with Crippen molar-refractivity contribution in [2.24, 2.45) is 0 Å². The van der Waals surface area contributed by atoms with Crippen molar-refractivity contribution in [3.05, 3.63) is 25.3 Å². The van der Waals surface area contributed by atoms with Gasteiger partial charge in [-0.3, -0.25) is 4.89 Å². The molecule has 0 aliphatic carbocycles. The predicted octanol–water partition coefficient (Wildman–Crippen LogP) is 0.308. The molecule has 6 heteroatoms.